The van der Waals surface area contributed by atoms with Crippen LogP contribution >= 0.6 is 0 Å². The second kappa shape index (κ2) is 27.5. The van der Waals surface area contributed by atoms with Gasteiger partial charge in [-0.3, -0.25) is 19.6 Å². The topological polar surface area (TPSA) is 105 Å². The number of nitrogens with zero attached hydrogens (tertiary/aromatic N) is 4. The summed E-state index contributed by atoms with van der Waals surface area (Å²) >= 11 is 0. The first-order valence-electron chi connectivity index (χ1n) is 23.2. The molecule has 0 aliphatic carbocycles. The van der Waals surface area contributed by atoms with Crippen LogP contribution in [-0.4, -0.2) is 204 Å². The molecule has 0 saturated carbocycles. The first-order valence-corrected chi connectivity index (χ1v) is 23.2. The van der Waals surface area contributed by atoms with E-state index >= 15 is 0 Å². The predicted octanol–water partition coefficient (Wildman–Crippen LogP) is 4.85. The molecule has 4 atom stereocenters. The second-order valence-electron chi connectivity index (χ2n) is 18.3. The Morgan fingerprint density at radius 3 is 0.774 bits per heavy atom. The zero-order chi connectivity index (χ0) is 43.9. The van der Waals surface area contributed by atoms with E-state index in [2.05, 4.69) is 97.5 Å². The molecule has 4 unspecified atom stereocenters. The van der Waals surface area contributed by atoms with Crippen LogP contribution in [0.1, 0.15) is 52.7 Å². The highest BCUT2D eigenvalue weighted by atomic mass is 16.5. The van der Waals surface area contributed by atoms with Gasteiger partial charge in [-0.05, 0) is 46.2 Å². The van der Waals surface area contributed by atoms with E-state index in [0.29, 0.717) is 106 Å². The lowest BCUT2D eigenvalue weighted by Crippen LogP contribution is -2.36. The lowest BCUT2D eigenvalue weighted by atomic mass is 9.87. The van der Waals surface area contributed by atoms with Crippen LogP contribution in [0, 0.1) is 0 Å². The summed E-state index contributed by atoms with van der Waals surface area (Å²) < 4.78 is 59.7. The van der Waals surface area contributed by atoms with Crippen LogP contribution in [0.2, 0.25) is 0 Å². The molecule has 14 heteroatoms. The molecular formula is C48H80N4O10. The van der Waals surface area contributed by atoms with Gasteiger partial charge in [0.1, 0.15) is 26.4 Å². The first-order chi connectivity index (χ1) is 30.0. The molecule has 4 aliphatic rings. The molecule has 0 N–H and O–H groups in total. The molecule has 0 amide bonds. The maximum absolute atomic E-state index is 6.24. The Kier molecular flexibility index (Phi) is 22.3. The van der Waals surface area contributed by atoms with E-state index in [0.717, 1.165) is 102 Å². The van der Waals surface area contributed by atoms with Gasteiger partial charge in [0.15, 0.2) is 23.0 Å². The molecule has 2 aromatic rings. The molecule has 4 bridgehead atoms. The second-order valence-corrected chi connectivity index (χ2v) is 18.3. The molecule has 0 radical (unpaired) electrons. The lowest BCUT2D eigenvalue weighted by molar-refractivity contribution is 0.0299. The van der Waals surface area contributed by atoms with E-state index in [9.17, 15) is 0 Å². The van der Waals surface area contributed by atoms with E-state index in [1.807, 2.05) is 0 Å². The first kappa shape index (κ1) is 50.2. The van der Waals surface area contributed by atoms with Crippen molar-refractivity contribution in [3.05, 3.63) is 47.5 Å². The van der Waals surface area contributed by atoms with Crippen molar-refractivity contribution in [2.24, 2.45) is 0 Å². The van der Waals surface area contributed by atoms with Crippen LogP contribution in [0.3, 0.4) is 0 Å². The Bertz CT molecular complexity index is 1410. The highest BCUT2D eigenvalue weighted by Gasteiger charge is 2.20. The number of hydrogen-bond donors (Lipinski definition) is 0. The molecule has 2 aromatic carbocycles. The normalized spacial score (nSPS) is 25.5. The molecule has 2 fully saturated rings. The fraction of sp³-hybridized carbons (Fsp3) is 0.750. The van der Waals surface area contributed by atoms with Gasteiger partial charge in [0, 0.05) is 78.5 Å². The van der Waals surface area contributed by atoms with Crippen LogP contribution in [-0.2, 0) is 39.3 Å². The maximum Gasteiger partial charge on any atom is 0.161 e. The van der Waals surface area contributed by atoms with Gasteiger partial charge < -0.3 is 47.4 Å². The van der Waals surface area contributed by atoms with Gasteiger partial charge in [0.05, 0.1) is 79.3 Å². The average molecular weight is 873 g/mol. The van der Waals surface area contributed by atoms with Crippen molar-refractivity contribution < 1.29 is 47.4 Å². The third-order valence-corrected chi connectivity index (χ3v) is 11.4. The van der Waals surface area contributed by atoms with E-state index in [4.69, 9.17) is 47.4 Å². The van der Waals surface area contributed by atoms with Gasteiger partial charge in [-0.1, -0.05) is 53.7 Å². The summed E-state index contributed by atoms with van der Waals surface area (Å²) in [7, 11) is 0. The van der Waals surface area contributed by atoms with Gasteiger partial charge in [-0.2, -0.15) is 0 Å². The molecule has 62 heavy (non-hydrogen) atoms. The van der Waals surface area contributed by atoms with Crippen molar-refractivity contribution in [1.29, 1.82) is 0 Å². The van der Waals surface area contributed by atoms with Crippen molar-refractivity contribution in [1.82, 2.24) is 19.6 Å². The highest BCUT2D eigenvalue weighted by Crippen LogP contribution is 2.35. The SMILES string of the molecule is CC(C)(C)c1ccc2c(c1)OCCN1CCOCCOCCN(CCOCC1)CCO2.CC(C)(C)c1ccc2c(c1)OCCN1CCOCCOCCN(CCOCC1)CCO2. The van der Waals surface area contributed by atoms with Crippen molar-refractivity contribution in [2.75, 3.05) is 184 Å². The summed E-state index contributed by atoms with van der Waals surface area (Å²) in [5.41, 5.74) is 2.60. The fourth-order valence-corrected chi connectivity index (χ4v) is 7.29. The Morgan fingerprint density at radius 1 is 0.290 bits per heavy atom. The fourth-order valence-electron chi connectivity index (χ4n) is 7.29. The van der Waals surface area contributed by atoms with Gasteiger partial charge in [-0.15, -0.1) is 0 Å². The number of fused-ring (bicyclic) bond motifs is 14. The largest absolute Gasteiger partial charge is 0.488 e. The van der Waals surface area contributed by atoms with E-state index in [-0.39, 0.29) is 10.8 Å². The Labute approximate surface area is 373 Å². The molecular weight excluding hydrogens is 793 g/mol. The lowest BCUT2D eigenvalue weighted by Gasteiger charge is -2.24. The van der Waals surface area contributed by atoms with E-state index in [1.165, 1.54) is 11.1 Å². The molecule has 14 nitrogen and oxygen atoms in total. The Hall–Kier alpha value is -2.76. The smallest absolute Gasteiger partial charge is 0.161 e. The Balaban J connectivity index is 0.000000234. The van der Waals surface area contributed by atoms with Gasteiger partial charge in [-0.25, -0.2) is 0 Å². The zero-order valence-corrected chi connectivity index (χ0v) is 39.1. The molecule has 4 heterocycles. The molecule has 0 aromatic heterocycles. The standard InChI is InChI=1S/2C24H40N2O5/c2*1-24(2,3)21-4-5-22-23(20-21)31-17-11-26-7-13-27-12-6-25(10-16-30-22)8-14-28-18-19-29-15-9-26/h2*4-5,20H,6-19H2,1-3H3. The van der Waals surface area contributed by atoms with Crippen molar-refractivity contribution >= 4 is 0 Å². The van der Waals surface area contributed by atoms with Crippen LogP contribution in [0.15, 0.2) is 36.4 Å². The van der Waals surface area contributed by atoms with Crippen molar-refractivity contribution in [2.45, 2.75) is 52.4 Å². The zero-order valence-electron chi connectivity index (χ0n) is 39.1. The quantitative estimate of drug-likeness (QED) is 0.337. The van der Waals surface area contributed by atoms with Gasteiger partial charge in [0.25, 0.3) is 0 Å². The Morgan fingerprint density at radius 2 is 0.516 bits per heavy atom. The van der Waals surface area contributed by atoms with Crippen molar-refractivity contribution in [3.8, 4) is 23.0 Å². The number of benzene rings is 2. The van der Waals surface area contributed by atoms with E-state index < -0.39 is 0 Å². The summed E-state index contributed by atoms with van der Waals surface area (Å²) in [5.74, 6) is 3.27. The minimum atomic E-state index is 0.0562. The molecule has 6 rings (SSSR count). The van der Waals surface area contributed by atoms with Crippen LogP contribution in [0.5, 0.6) is 23.0 Å². The minimum Gasteiger partial charge on any atom is -0.488 e. The number of rotatable bonds is 0. The summed E-state index contributed by atoms with van der Waals surface area (Å²) in [6.07, 6.45) is 0. The van der Waals surface area contributed by atoms with Crippen LogP contribution in [0.25, 0.3) is 0 Å². The molecule has 4 aliphatic heterocycles. The monoisotopic (exact) mass is 873 g/mol. The van der Waals surface area contributed by atoms with Crippen molar-refractivity contribution in [3.63, 3.8) is 0 Å². The third-order valence-electron chi connectivity index (χ3n) is 11.4. The summed E-state index contributed by atoms with van der Waals surface area (Å²) in [4.78, 5) is 9.35. The van der Waals surface area contributed by atoms with Crippen LogP contribution < -0.4 is 18.9 Å². The predicted molar refractivity (Wildman–Crippen MR) is 243 cm³/mol. The highest BCUT2D eigenvalue weighted by molar-refractivity contribution is 5.46. The average Bonchev–Trinajstić information content (AvgIpc) is 3.26. The molecule has 2 saturated heterocycles. The van der Waals surface area contributed by atoms with Gasteiger partial charge >= 0.3 is 0 Å². The summed E-state index contributed by atoms with van der Waals surface area (Å²) in [6.45, 7) is 34.0. The molecule has 0 spiro atoms. The van der Waals surface area contributed by atoms with E-state index in [1.54, 1.807) is 0 Å². The summed E-state index contributed by atoms with van der Waals surface area (Å²) in [6, 6.07) is 12.7. The third kappa shape index (κ3) is 19.1. The maximum atomic E-state index is 6.24. The molecule has 352 valence electrons. The minimum absolute atomic E-state index is 0.0562. The van der Waals surface area contributed by atoms with Crippen LogP contribution in [0.4, 0.5) is 0 Å². The number of ether oxygens (including phenoxy) is 10. The number of hydrogen-bond acceptors (Lipinski definition) is 14. The van der Waals surface area contributed by atoms with Gasteiger partial charge in [0.2, 0.25) is 0 Å². The summed E-state index contributed by atoms with van der Waals surface area (Å²) in [5, 5.41) is 0.